The molecule has 0 amide bonds. The summed E-state index contributed by atoms with van der Waals surface area (Å²) in [5.41, 5.74) is 0. The zero-order chi connectivity index (χ0) is 6.97. The molecule has 0 fully saturated rings. The Bertz CT molecular complexity index is 264. The highest BCUT2D eigenvalue weighted by molar-refractivity contribution is 5.80. The molecule has 0 bridgehead atoms. The second-order valence-corrected chi connectivity index (χ2v) is 2.50. The van der Waals surface area contributed by atoms with E-state index in [4.69, 9.17) is 0 Å². The third-order valence-electron chi connectivity index (χ3n) is 1.79. The normalized spacial score (nSPS) is 17.0. The molecule has 1 aromatic heterocycles. The number of Topliss-reactive ketones (excluding diaryl/α,β-unsaturated/α-hetero) is 1. The summed E-state index contributed by atoms with van der Waals surface area (Å²) in [6.07, 6.45) is 4.85. The number of aryl methyl sites for hydroxylation is 1. The lowest BCUT2D eigenvalue weighted by Gasteiger charge is -2.11. The molecule has 0 saturated carbocycles. The Kier molecular flexibility index (Phi) is 1.09. The van der Waals surface area contributed by atoms with E-state index in [1.807, 2.05) is 10.8 Å². The zero-order valence-electron chi connectivity index (χ0n) is 5.58. The maximum Gasteiger partial charge on any atom is 0.142 e. The number of fused-ring (bicyclic) bond motifs is 1. The standard InChI is InChI=1S/C7H8N2O/c10-6-1-3-9-4-2-8-7(9)5-6/h2,4H,1,3,5H2. The van der Waals surface area contributed by atoms with Gasteiger partial charge < -0.3 is 4.57 Å². The van der Waals surface area contributed by atoms with E-state index in [1.54, 1.807) is 6.20 Å². The van der Waals surface area contributed by atoms with Gasteiger partial charge in [-0.2, -0.15) is 0 Å². The molecule has 0 aromatic carbocycles. The van der Waals surface area contributed by atoms with Crippen molar-refractivity contribution in [3.63, 3.8) is 0 Å². The molecule has 3 heteroatoms. The Morgan fingerprint density at radius 3 is 3.40 bits per heavy atom. The van der Waals surface area contributed by atoms with Crippen LogP contribution in [0.1, 0.15) is 12.2 Å². The predicted octanol–water partition coefficient (Wildman–Crippen LogP) is 0.398. The summed E-state index contributed by atoms with van der Waals surface area (Å²) in [5, 5.41) is 0. The van der Waals surface area contributed by atoms with Gasteiger partial charge in [0.15, 0.2) is 0 Å². The lowest BCUT2D eigenvalue weighted by Crippen LogP contribution is -2.18. The molecule has 2 heterocycles. The molecule has 0 unspecified atom stereocenters. The molecular weight excluding hydrogens is 128 g/mol. The van der Waals surface area contributed by atoms with Crippen molar-refractivity contribution in [2.45, 2.75) is 19.4 Å². The molecule has 52 valence electrons. The number of aromatic nitrogens is 2. The number of carbonyl (C=O) groups excluding carboxylic acids is 1. The van der Waals surface area contributed by atoms with Crippen LogP contribution in [0.15, 0.2) is 12.4 Å². The lowest BCUT2D eigenvalue weighted by atomic mass is 10.1. The zero-order valence-corrected chi connectivity index (χ0v) is 5.58. The van der Waals surface area contributed by atoms with Crippen molar-refractivity contribution in [3.8, 4) is 0 Å². The Labute approximate surface area is 58.7 Å². The van der Waals surface area contributed by atoms with Crippen LogP contribution in [0.5, 0.6) is 0 Å². The second kappa shape index (κ2) is 1.94. The number of imidazole rings is 1. The molecule has 1 aliphatic heterocycles. The first-order chi connectivity index (χ1) is 4.86. The summed E-state index contributed by atoms with van der Waals surface area (Å²) >= 11 is 0. The summed E-state index contributed by atoms with van der Waals surface area (Å²) in [7, 11) is 0. The molecule has 3 nitrogen and oxygen atoms in total. The smallest absolute Gasteiger partial charge is 0.142 e. The van der Waals surface area contributed by atoms with E-state index in [9.17, 15) is 4.79 Å². The number of hydrogen-bond donors (Lipinski definition) is 0. The first-order valence-corrected chi connectivity index (χ1v) is 3.38. The first-order valence-electron chi connectivity index (χ1n) is 3.38. The summed E-state index contributed by atoms with van der Waals surface area (Å²) in [5.74, 6) is 1.22. The van der Waals surface area contributed by atoms with Gasteiger partial charge in [-0.15, -0.1) is 0 Å². The molecule has 0 atom stereocenters. The van der Waals surface area contributed by atoms with Crippen molar-refractivity contribution < 1.29 is 4.79 Å². The van der Waals surface area contributed by atoms with Crippen molar-refractivity contribution in [2.75, 3.05) is 0 Å². The van der Waals surface area contributed by atoms with Crippen LogP contribution in [0.4, 0.5) is 0 Å². The Morgan fingerprint density at radius 2 is 2.50 bits per heavy atom. The quantitative estimate of drug-likeness (QED) is 0.517. The van der Waals surface area contributed by atoms with E-state index >= 15 is 0 Å². The molecule has 2 rings (SSSR count). The molecule has 0 radical (unpaired) electrons. The van der Waals surface area contributed by atoms with Crippen LogP contribution in [0.3, 0.4) is 0 Å². The Morgan fingerprint density at radius 1 is 1.60 bits per heavy atom. The number of rotatable bonds is 0. The lowest BCUT2D eigenvalue weighted by molar-refractivity contribution is -0.119. The van der Waals surface area contributed by atoms with Gasteiger partial charge in [-0.05, 0) is 0 Å². The van der Waals surface area contributed by atoms with E-state index in [1.165, 1.54) is 0 Å². The van der Waals surface area contributed by atoms with Gasteiger partial charge in [0.05, 0.1) is 6.42 Å². The molecule has 0 spiro atoms. The van der Waals surface area contributed by atoms with Crippen LogP contribution in [0.2, 0.25) is 0 Å². The molecule has 0 aliphatic carbocycles. The highest BCUT2D eigenvalue weighted by Crippen LogP contribution is 2.08. The number of ketones is 1. The average Bonchev–Trinajstić information content (AvgIpc) is 2.33. The van der Waals surface area contributed by atoms with Gasteiger partial charge in [0.2, 0.25) is 0 Å². The van der Waals surface area contributed by atoms with Crippen LogP contribution in [-0.2, 0) is 17.8 Å². The number of hydrogen-bond acceptors (Lipinski definition) is 2. The van der Waals surface area contributed by atoms with E-state index in [-0.39, 0.29) is 0 Å². The van der Waals surface area contributed by atoms with Gasteiger partial charge in [0.25, 0.3) is 0 Å². The number of carbonyl (C=O) groups is 1. The predicted molar refractivity (Wildman–Crippen MR) is 35.6 cm³/mol. The van der Waals surface area contributed by atoms with Gasteiger partial charge in [0.1, 0.15) is 11.6 Å². The van der Waals surface area contributed by atoms with E-state index in [0.29, 0.717) is 18.6 Å². The van der Waals surface area contributed by atoms with Crippen molar-refractivity contribution in [2.24, 2.45) is 0 Å². The van der Waals surface area contributed by atoms with Crippen LogP contribution in [0.25, 0.3) is 0 Å². The van der Waals surface area contributed by atoms with Crippen LogP contribution >= 0.6 is 0 Å². The number of nitrogens with zero attached hydrogens (tertiary/aromatic N) is 2. The maximum atomic E-state index is 10.9. The minimum Gasteiger partial charge on any atom is -0.334 e. The summed E-state index contributed by atoms with van der Waals surface area (Å²) in [4.78, 5) is 14.9. The SMILES string of the molecule is O=C1CCn2ccnc2C1. The van der Waals surface area contributed by atoms with Gasteiger partial charge in [-0.1, -0.05) is 0 Å². The van der Waals surface area contributed by atoms with Gasteiger partial charge >= 0.3 is 0 Å². The fourth-order valence-electron chi connectivity index (χ4n) is 1.22. The van der Waals surface area contributed by atoms with Crippen LogP contribution < -0.4 is 0 Å². The van der Waals surface area contributed by atoms with Crippen molar-refractivity contribution in [1.82, 2.24) is 9.55 Å². The third kappa shape index (κ3) is 0.744. The summed E-state index contributed by atoms with van der Waals surface area (Å²) in [6.45, 7) is 0.814. The Balaban J connectivity index is 2.39. The minimum atomic E-state index is 0.304. The van der Waals surface area contributed by atoms with Crippen molar-refractivity contribution >= 4 is 5.78 Å². The molecule has 10 heavy (non-hydrogen) atoms. The largest absolute Gasteiger partial charge is 0.334 e. The second-order valence-electron chi connectivity index (χ2n) is 2.50. The fourth-order valence-corrected chi connectivity index (χ4v) is 1.22. The molecule has 0 saturated heterocycles. The fraction of sp³-hybridized carbons (Fsp3) is 0.429. The van der Waals surface area contributed by atoms with Crippen molar-refractivity contribution in [1.29, 1.82) is 0 Å². The summed E-state index contributed by atoms with van der Waals surface area (Å²) < 4.78 is 2.03. The molecule has 1 aromatic rings. The summed E-state index contributed by atoms with van der Waals surface area (Å²) in [6, 6.07) is 0. The molecule has 1 aliphatic rings. The highest BCUT2D eigenvalue weighted by Gasteiger charge is 2.14. The highest BCUT2D eigenvalue weighted by atomic mass is 16.1. The third-order valence-corrected chi connectivity index (χ3v) is 1.79. The first kappa shape index (κ1) is 5.65. The monoisotopic (exact) mass is 136 g/mol. The van der Waals surface area contributed by atoms with E-state index in [0.717, 1.165) is 12.4 Å². The topological polar surface area (TPSA) is 34.9 Å². The molecular formula is C7H8N2O. The minimum absolute atomic E-state index is 0.304. The Hall–Kier alpha value is -1.12. The maximum absolute atomic E-state index is 10.9. The molecule has 0 N–H and O–H groups in total. The average molecular weight is 136 g/mol. The van der Waals surface area contributed by atoms with Gasteiger partial charge in [-0.3, -0.25) is 4.79 Å². The van der Waals surface area contributed by atoms with E-state index < -0.39 is 0 Å². The van der Waals surface area contributed by atoms with Crippen LogP contribution in [-0.4, -0.2) is 15.3 Å². The van der Waals surface area contributed by atoms with Gasteiger partial charge in [-0.25, -0.2) is 4.98 Å². The van der Waals surface area contributed by atoms with Crippen LogP contribution in [0, 0.1) is 0 Å². The van der Waals surface area contributed by atoms with Crippen molar-refractivity contribution in [3.05, 3.63) is 18.2 Å². The van der Waals surface area contributed by atoms with Gasteiger partial charge in [0, 0.05) is 25.4 Å². The van der Waals surface area contributed by atoms with E-state index in [2.05, 4.69) is 4.98 Å².